The molecule has 0 fully saturated rings. The van der Waals surface area contributed by atoms with Crippen molar-refractivity contribution < 1.29 is 13.9 Å². The van der Waals surface area contributed by atoms with E-state index in [0.29, 0.717) is 0 Å². The van der Waals surface area contributed by atoms with Gasteiger partial charge in [0.15, 0.2) is 0 Å². The number of ether oxygens (including phenoxy) is 1. The summed E-state index contributed by atoms with van der Waals surface area (Å²) in [4.78, 5) is 12.0. The van der Waals surface area contributed by atoms with E-state index < -0.39 is 11.6 Å². The fraction of sp³-hybridized carbons (Fsp3) is 0.267. The summed E-state index contributed by atoms with van der Waals surface area (Å²) in [7, 11) is 0. The first-order valence-corrected chi connectivity index (χ1v) is 5.83. The molecule has 0 saturated heterocycles. The van der Waals surface area contributed by atoms with Crippen LogP contribution in [0.25, 0.3) is 11.1 Å². The molecule has 1 heterocycles. The van der Waals surface area contributed by atoms with Gasteiger partial charge in [0.1, 0.15) is 5.60 Å². The van der Waals surface area contributed by atoms with Crippen LogP contribution in [0.5, 0.6) is 0 Å². The van der Waals surface area contributed by atoms with Crippen molar-refractivity contribution in [3.05, 3.63) is 48.4 Å². The number of carbonyl (C=O) groups is 1. The van der Waals surface area contributed by atoms with Crippen molar-refractivity contribution in [2.24, 2.45) is 0 Å². The number of benzene rings is 1. The zero-order chi connectivity index (χ0) is 13.2. The highest BCUT2D eigenvalue weighted by Gasteiger charge is 2.23. The molecule has 3 heteroatoms. The fourth-order valence-corrected chi connectivity index (χ4v) is 1.64. The Morgan fingerprint density at radius 2 is 1.78 bits per heavy atom. The van der Waals surface area contributed by atoms with E-state index in [-0.39, 0.29) is 5.76 Å². The Morgan fingerprint density at radius 3 is 2.39 bits per heavy atom. The minimum atomic E-state index is -0.530. The van der Waals surface area contributed by atoms with Crippen LogP contribution in [0.1, 0.15) is 31.3 Å². The second-order valence-electron chi connectivity index (χ2n) is 5.03. The molecule has 0 unspecified atom stereocenters. The van der Waals surface area contributed by atoms with Gasteiger partial charge in [-0.1, -0.05) is 30.3 Å². The van der Waals surface area contributed by atoms with Crippen LogP contribution in [-0.4, -0.2) is 11.6 Å². The molecule has 94 valence electrons. The first-order chi connectivity index (χ1) is 8.47. The molecule has 0 amide bonds. The van der Waals surface area contributed by atoms with Crippen LogP contribution in [0.4, 0.5) is 0 Å². The van der Waals surface area contributed by atoms with Crippen LogP contribution in [-0.2, 0) is 4.74 Å². The predicted molar refractivity (Wildman–Crippen MR) is 69.3 cm³/mol. The Bertz CT molecular complexity index is 532. The van der Waals surface area contributed by atoms with Crippen LogP contribution in [0, 0.1) is 0 Å². The third kappa shape index (κ3) is 2.80. The molecule has 1 aromatic heterocycles. The Morgan fingerprint density at radius 1 is 1.11 bits per heavy atom. The second-order valence-corrected chi connectivity index (χ2v) is 5.03. The number of hydrogen-bond acceptors (Lipinski definition) is 3. The smallest absolute Gasteiger partial charge is 0.375 e. The third-order valence-corrected chi connectivity index (χ3v) is 2.33. The third-order valence-electron chi connectivity index (χ3n) is 2.33. The van der Waals surface area contributed by atoms with Crippen LogP contribution in [0.2, 0.25) is 0 Å². The highest BCUT2D eigenvalue weighted by Crippen LogP contribution is 2.26. The molecule has 0 bridgehead atoms. The van der Waals surface area contributed by atoms with Crippen molar-refractivity contribution in [3.8, 4) is 11.1 Å². The van der Waals surface area contributed by atoms with Gasteiger partial charge in [0, 0.05) is 5.56 Å². The Hall–Kier alpha value is -2.03. The maximum absolute atomic E-state index is 12.0. The van der Waals surface area contributed by atoms with Crippen LogP contribution in [0.3, 0.4) is 0 Å². The monoisotopic (exact) mass is 244 g/mol. The van der Waals surface area contributed by atoms with Crippen LogP contribution >= 0.6 is 0 Å². The van der Waals surface area contributed by atoms with Crippen LogP contribution in [0.15, 0.2) is 47.1 Å². The standard InChI is InChI=1S/C15H16O3/c1-15(2,3)18-14(16)13-12(9-10-17-13)11-7-5-4-6-8-11/h4-10H,1-3H3. The van der Waals surface area contributed by atoms with E-state index in [1.54, 1.807) is 6.07 Å². The van der Waals surface area contributed by atoms with Crippen molar-refractivity contribution in [2.45, 2.75) is 26.4 Å². The Kier molecular flexibility index (Phi) is 3.24. The van der Waals surface area contributed by atoms with Crippen molar-refractivity contribution >= 4 is 5.97 Å². The molecule has 0 spiro atoms. The van der Waals surface area contributed by atoms with Crippen molar-refractivity contribution in [1.29, 1.82) is 0 Å². The molecule has 2 rings (SSSR count). The zero-order valence-electron chi connectivity index (χ0n) is 10.8. The summed E-state index contributed by atoms with van der Waals surface area (Å²) < 4.78 is 10.6. The van der Waals surface area contributed by atoms with Gasteiger partial charge in [-0.15, -0.1) is 0 Å². The summed E-state index contributed by atoms with van der Waals surface area (Å²) >= 11 is 0. The zero-order valence-corrected chi connectivity index (χ0v) is 10.8. The molecule has 1 aromatic carbocycles. The molecule has 0 N–H and O–H groups in total. The largest absolute Gasteiger partial charge is 0.457 e. The van der Waals surface area contributed by atoms with E-state index in [2.05, 4.69) is 0 Å². The second kappa shape index (κ2) is 4.69. The fourth-order valence-electron chi connectivity index (χ4n) is 1.64. The lowest BCUT2D eigenvalue weighted by Crippen LogP contribution is -2.23. The minimum absolute atomic E-state index is 0.246. The molecule has 0 aliphatic heterocycles. The van der Waals surface area contributed by atoms with Crippen molar-refractivity contribution in [1.82, 2.24) is 0 Å². The molecular weight excluding hydrogens is 228 g/mol. The average Bonchev–Trinajstić information content (AvgIpc) is 2.76. The van der Waals surface area contributed by atoms with E-state index in [0.717, 1.165) is 11.1 Å². The minimum Gasteiger partial charge on any atom is -0.457 e. The van der Waals surface area contributed by atoms with Crippen LogP contribution < -0.4 is 0 Å². The summed E-state index contributed by atoms with van der Waals surface area (Å²) in [5, 5.41) is 0. The lowest BCUT2D eigenvalue weighted by Gasteiger charge is -2.18. The summed E-state index contributed by atoms with van der Waals surface area (Å²) in [6.45, 7) is 5.49. The first-order valence-electron chi connectivity index (χ1n) is 5.83. The van der Waals surface area contributed by atoms with Gasteiger partial charge in [0.2, 0.25) is 5.76 Å². The molecule has 18 heavy (non-hydrogen) atoms. The lowest BCUT2D eigenvalue weighted by molar-refractivity contribution is 0.00372. The molecule has 3 nitrogen and oxygen atoms in total. The van der Waals surface area contributed by atoms with Gasteiger partial charge in [0.25, 0.3) is 0 Å². The Labute approximate surface area is 106 Å². The van der Waals surface area contributed by atoms with Crippen molar-refractivity contribution in [2.75, 3.05) is 0 Å². The normalized spacial score (nSPS) is 11.3. The summed E-state index contributed by atoms with van der Waals surface area (Å²) in [6.07, 6.45) is 1.50. The van der Waals surface area contributed by atoms with Gasteiger partial charge in [0.05, 0.1) is 6.26 Å². The maximum atomic E-state index is 12.0. The quantitative estimate of drug-likeness (QED) is 0.752. The maximum Gasteiger partial charge on any atom is 0.375 e. The van der Waals surface area contributed by atoms with E-state index >= 15 is 0 Å². The predicted octanol–water partition coefficient (Wildman–Crippen LogP) is 3.90. The number of furan rings is 1. The van der Waals surface area contributed by atoms with Gasteiger partial charge < -0.3 is 9.15 Å². The first kappa shape index (κ1) is 12.4. The van der Waals surface area contributed by atoms with Gasteiger partial charge >= 0.3 is 5.97 Å². The summed E-state index contributed by atoms with van der Waals surface area (Å²) in [5.74, 6) is -0.192. The van der Waals surface area contributed by atoms with Gasteiger partial charge in [-0.3, -0.25) is 0 Å². The molecule has 0 atom stereocenters. The topological polar surface area (TPSA) is 39.4 Å². The van der Waals surface area contributed by atoms with E-state index in [1.165, 1.54) is 6.26 Å². The number of rotatable bonds is 2. The average molecular weight is 244 g/mol. The van der Waals surface area contributed by atoms with Gasteiger partial charge in [-0.05, 0) is 32.4 Å². The molecule has 0 radical (unpaired) electrons. The lowest BCUT2D eigenvalue weighted by atomic mass is 10.1. The molecule has 0 aliphatic carbocycles. The summed E-state index contributed by atoms with van der Waals surface area (Å²) in [6, 6.07) is 11.4. The van der Waals surface area contributed by atoms with E-state index in [4.69, 9.17) is 9.15 Å². The van der Waals surface area contributed by atoms with Crippen molar-refractivity contribution in [3.63, 3.8) is 0 Å². The van der Waals surface area contributed by atoms with Gasteiger partial charge in [-0.2, -0.15) is 0 Å². The van der Waals surface area contributed by atoms with Gasteiger partial charge in [-0.25, -0.2) is 4.79 Å². The molecule has 2 aromatic rings. The number of esters is 1. The molecule has 0 saturated carbocycles. The molecular formula is C15H16O3. The van der Waals surface area contributed by atoms with E-state index in [9.17, 15) is 4.79 Å². The Balaban J connectivity index is 2.32. The molecule has 0 aliphatic rings. The highest BCUT2D eigenvalue weighted by molar-refractivity contribution is 5.94. The number of carbonyl (C=O) groups excluding carboxylic acids is 1. The highest BCUT2D eigenvalue weighted by atomic mass is 16.6. The number of hydrogen-bond donors (Lipinski definition) is 0. The SMILES string of the molecule is CC(C)(C)OC(=O)c1occc1-c1ccccc1. The van der Waals surface area contributed by atoms with E-state index in [1.807, 2.05) is 51.1 Å². The summed E-state index contributed by atoms with van der Waals surface area (Å²) in [5.41, 5.74) is 1.16.